The second-order valence-corrected chi connectivity index (χ2v) is 28.4. The molecule has 1 unspecified atom stereocenters. The zero-order valence-corrected chi connectivity index (χ0v) is 20.8. The highest BCUT2D eigenvalue weighted by molar-refractivity contribution is 7.88. The lowest BCUT2D eigenvalue weighted by atomic mass is 10.2. The summed E-state index contributed by atoms with van der Waals surface area (Å²) in [6, 6.07) is 0. The minimum absolute atomic E-state index is 0.282. The van der Waals surface area contributed by atoms with Crippen molar-refractivity contribution in [2.75, 3.05) is 0 Å². The Morgan fingerprint density at radius 1 is 0.857 bits per heavy atom. The predicted octanol–water partition coefficient (Wildman–Crippen LogP) is 6.79. The fourth-order valence-corrected chi connectivity index (χ4v) is 28.6. The third kappa shape index (κ3) is 7.95. The molecule has 0 spiro atoms. The SMILES string of the molecule is CC(C)(C)OP(Cl)(=N[Si](C)(C)C)N([Si](C)(C)C)[Si](C)(C)C. The Balaban J connectivity index is 6.30. The lowest BCUT2D eigenvalue weighted by Crippen LogP contribution is -2.56. The highest BCUT2D eigenvalue weighted by atomic mass is 35.7. The zero-order valence-electron chi connectivity index (χ0n) is 16.1. The summed E-state index contributed by atoms with van der Waals surface area (Å²) in [6.07, 6.45) is 0. The molecule has 1 atom stereocenters. The molecule has 3 nitrogen and oxygen atoms in total. The number of nitrogens with zero attached hydrogens (tertiary/aromatic N) is 2. The van der Waals surface area contributed by atoms with Gasteiger partial charge in [-0.3, -0.25) is 8.41 Å². The monoisotopic (exact) mass is 386 g/mol. The van der Waals surface area contributed by atoms with E-state index in [0.717, 1.165) is 0 Å². The van der Waals surface area contributed by atoms with E-state index in [1.54, 1.807) is 0 Å². The summed E-state index contributed by atoms with van der Waals surface area (Å²) in [7, 11) is -4.97. The highest BCUT2D eigenvalue weighted by Crippen LogP contribution is 2.66. The van der Waals surface area contributed by atoms with Gasteiger partial charge in [-0.1, -0.05) is 39.3 Å². The molecule has 128 valence electrons. The molecule has 0 aliphatic heterocycles. The number of halogens is 1. The van der Waals surface area contributed by atoms with Crippen LogP contribution in [0.2, 0.25) is 58.9 Å². The van der Waals surface area contributed by atoms with Crippen molar-refractivity contribution >= 4 is 42.7 Å². The fraction of sp³-hybridized carbons (Fsp3) is 1.00. The largest absolute Gasteiger partial charge is 0.317 e. The van der Waals surface area contributed by atoms with Crippen molar-refractivity contribution in [3.8, 4) is 0 Å². The van der Waals surface area contributed by atoms with E-state index in [-0.39, 0.29) is 5.60 Å². The fourth-order valence-electron chi connectivity index (χ4n) is 2.57. The van der Waals surface area contributed by atoms with Gasteiger partial charge in [0, 0.05) is 0 Å². The first kappa shape index (κ1) is 22.1. The quantitative estimate of drug-likeness (QED) is 0.383. The second kappa shape index (κ2) is 6.54. The summed E-state index contributed by atoms with van der Waals surface area (Å²) in [5, 5.41) is 0. The van der Waals surface area contributed by atoms with Crippen LogP contribution in [0, 0.1) is 0 Å². The van der Waals surface area contributed by atoms with Crippen LogP contribution in [0.15, 0.2) is 4.41 Å². The molecule has 21 heavy (non-hydrogen) atoms. The summed E-state index contributed by atoms with van der Waals surface area (Å²) in [5.41, 5.74) is -0.282. The lowest BCUT2D eigenvalue weighted by Gasteiger charge is -2.49. The zero-order chi connectivity index (χ0) is 17.5. The van der Waals surface area contributed by atoms with E-state index in [1.165, 1.54) is 0 Å². The summed E-state index contributed by atoms with van der Waals surface area (Å²) in [4.78, 5) is 0. The Bertz CT molecular complexity index is 403. The van der Waals surface area contributed by atoms with Crippen LogP contribution in [-0.2, 0) is 4.52 Å². The molecule has 0 heterocycles. The molecule has 0 bridgehead atoms. The van der Waals surface area contributed by atoms with Crippen LogP contribution in [0.5, 0.6) is 0 Å². The van der Waals surface area contributed by atoms with Crippen LogP contribution in [0.4, 0.5) is 0 Å². The van der Waals surface area contributed by atoms with Gasteiger partial charge in [0.2, 0.25) is 6.78 Å². The summed E-state index contributed by atoms with van der Waals surface area (Å²) in [6.45, 7) is 24.6. The Morgan fingerprint density at radius 2 is 1.19 bits per heavy atom. The van der Waals surface area contributed by atoms with Gasteiger partial charge in [0.05, 0.1) is 5.60 Å². The maximum Gasteiger partial charge on any atom is 0.224 e. The minimum Gasteiger partial charge on any atom is -0.317 e. The molecular weight excluding hydrogens is 351 g/mol. The molecular formula is C13H36ClN2OPSi3. The van der Waals surface area contributed by atoms with E-state index in [0.29, 0.717) is 0 Å². The second-order valence-electron chi connectivity index (χ2n) is 9.60. The third-order valence-corrected chi connectivity index (χ3v) is 20.9. The van der Waals surface area contributed by atoms with E-state index < -0.39 is 31.5 Å². The standard InChI is InChI=1S/C13H36ClN2OPSi3/c1-13(2,3)17-18(14,15-19(4,5)6)16(20(7,8)9)21(10,11)12/h1-12H3. The van der Waals surface area contributed by atoms with E-state index in [9.17, 15) is 0 Å². The van der Waals surface area contributed by atoms with E-state index >= 15 is 0 Å². The Labute approximate surface area is 141 Å². The first-order chi connectivity index (χ1) is 8.78. The number of hydrogen-bond donors (Lipinski definition) is 0. The first-order valence-corrected chi connectivity index (χ1v) is 20.5. The van der Waals surface area contributed by atoms with Gasteiger partial charge in [-0.2, -0.15) is 0 Å². The van der Waals surface area contributed by atoms with Crippen molar-refractivity contribution in [2.24, 2.45) is 4.41 Å². The van der Waals surface area contributed by atoms with E-state index in [2.05, 4.69) is 83.7 Å². The minimum atomic E-state index is -2.45. The van der Waals surface area contributed by atoms with Crippen LogP contribution < -0.4 is 0 Å². The molecule has 0 radical (unpaired) electrons. The summed E-state index contributed by atoms with van der Waals surface area (Å²) in [5.74, 6) is 0. The van der Waals surface area contributed by atoms with Gasteiger partial charge in [-0.15, -0.1) is 0 Å². The molecule has 0 aromatic carbocycles. The molecule has 0 aliphatic carbocycles. The maximum absolute atomic E-state index is 7.20. The average molecular weight is 387 g/mol. The van der Waals surface area contributed by atoms with Gasteiger partial charge in [0.1, 0.15) is 16.5 Å². The van der Waals surface area contributed by atoms with Crippen molar-refractivity contribution in [2.45, 2.75) is 85.3 Å². The number of hydrogen-bond acceptors (Lipinski definition) is 2. The van der Waals surface area contributed by atoms with Crippen molar-refractivity contribution < 1.29 is 4.52 Å². The molecule has 0 fully saturated rings. The van der Waals surface area contributed by atoms with Gasteiger partial charge in [0.15, 0.2) is 8.24 Å². The Hall–Kier alpha value is 1.09. The first-order valence-electron chi connectivity index (χ1n) is 7.63. The highest BCUT2D eigenvalue weighted by Gasteiger charge is 2.46. The van der Waals surface area contributed by atoms with Crippen LogP contribution in [-0.4, -0.2) is 34.3 Å². The Morgan fingerprint density at radius 3 is 1.38 bits per heavy atom. The smallest absolute Gasteiger partial charge is 0.224 e. The lowest BCUT2D eigenvalue weighted by molar-refractivity contribution is 0.146. The van der Waals surface area contributed by atoms with Crippen LogP contribution >= 0.6 is 18.0 Å². The van der Waals surface area contributed by atoms with Crippen molar-refractivity contribution in [1.29, 1.82) is 0 Å². The van der Waals surface area contributed by atoms with E-state index in [4.69, 9.17) is 20.2 Å². The Kier molecular flexibility index (Phi) is 6.88. The van der Waals surface area contributed by atoms with Crippen LogP contribution in [0.1, 0.15) is 20.8 Å². The van der Waals surface area contributed by atoms with Gasteiger partial charge in [-0.05, 0) is 51.7 Å². The van der Waals surface area contributed by atoms with Gasteiger partial charge in [0.25, 0.3) is 0 Å². The molecule has 0 saturated heterocycles. The van der Waals surface area contributed by atoms with Gasteiger partial charge >= 0.3 is 0 Å². The molecule has 0 aromatic rings. The molecule has 0 rings (SSSR count). The van der Waals surface area contributed by atoms with Gasteiger partial charge < -0.3 is 4.52 Å². The van der Waals surface area contributed by atoms with Crippen molar-refractivity contribution in [3.63, 3.8) is 0 Å². The molecule has 0 amide bonds. The molecule has 0 N–H and O–H groups in total. The topological polar surface area (TPSA) is 24.8 Å². The normalized spacial score (nSPS) is 17.8. The molecule has 8 heteroatoms. The predicted molar refractivity (Wildman–Crippen MR) is 108 cm³/mol. The summed E-state index contributed by atoms with van der Waals surface area (Å²) < 4.78 is 14.2. The number of rotatable bonds is 5. The maximum atomic E-state index is 7.20. The third-order valence-electron chi connectivity index (χ3n) is 2.33. The van der Waals surface area contributed by atoms with E-state index in [1.807, 2.05) is 0 Å². The summed E-state index contributed by atoms with van der Waals surface area (Å²) >= 11 is 7.20. The average Bonchev–Trinajstić information content (AvgIpc) is 1.83. The van der Waals surface area contributed by atoms with Crippen LogP contribution in [0.25, 0.3) is 0 Å². The van der Waals surface area contributed by atoms with Crippen LogP contribution in [0.3, 0.4) is 0 Å². The molecule has 0 aromatic heterocycles. The van der Waals surface area contributed by atoms with Gasteiger partial charge in [-0.25, -0.2) is 0 Å². The van der Waals surface area contributed by atoms with Crippen molar-refractivity contribution in [3.05, 3.63) is 0 Å². The van der Waals surface area contributed by atoms with Crippen molar-refractivity contribution in [1.82, 2.24) is 4.00 Å². The molecule has 0 aliphatic rings. The molecule has 0 saturated carbocycles.